The van der Waals surface area contributed by atoms with Crippen molar-refractivity contribution in [2.75, 3.05) is 13.7 Å². The maximum absolute atomic E-state index is 13.6. The van der Waals surface area contributed by atoms with Gasteiger partial charge in [-0.05, 0) is 49.6 Å². The van der Waals surface area contributed by atoms with Crippen molar-refractivity contribution in [1.82, 2.24) is 14.5 Å². The van der Waals surface area contributed by atoms with Crippen LogP contribution in [0.5, 0.6) is 5.75 Å². The number of nitrogens with one attached hydrogen (secondary N) is 1. The van der Waals surface area contributed by atoms with Crippen LogP contribution in [0, 0.1) is 0 Å². The number of hydrogen-bond donors (Lipinski definition) is 1. The molecule has 1 N–H and O–H groups in total. The Morgan fingerprint density at radius 2 is 1.80 bits per heavy atom. The number of hydrogen-bond acceptors (Lipinski definition) is 6. The van der Waals surface area contributed by atoms with E-state index in [1.54, 1.807) is 37.3 Å². The molecule has 0 radical (unpaired) electrons. The van der Waals surface area contributed by atoms with Crippen molar-refractivity contribution in [3.8, 4) is 5.75 Å². The van der Waals surface area contributed by atoms with E-state index in [-0.39, 0.29) is 29.0 Å². The molecule has 2 atom stereocenters. The number of methoxy groups -OCH3 is 1. The molecule has 1 aliphatic rings. The molecule has 0 aromatic heterocycles. The number of carbonyl (C=O) groups excluding carboxylic acids is 3. The first-order valence-corrected chi connectivity index (χ1v) is 13.0. The summed E-state index contributed by atoms with van der Waals surface area (Å²) in [6, 6.07) is 12.0. The molecule has 3 amide bonds. The van der Waals surface area contributed by atoms with Crippen molar-refractivity contribution in [2.45, 2.75) is 57.1 Å². The van der Waals surface area contributed by atoms with Crippen LogP contribution >= 0.6 is 0 Å². The van der Waals surface area contributed by atoms with Gasteiger partial charge in [-0.1, -0.05) is 38.1 Å². The SMILES string of the molecule is CC[C@@H](C)NC(=O)[C@H](CC)N(Cc1cccc(OC)c1)C(=O)CN1C(=O)c2ccccc2S1(=O)=O. The Balaban J connectivity index is 1.94. The lowest BCUT2D eigenvalue weighted by Gasteiger charge is -2.32. The minimum atomic E-state index is -4.17. The van der Waals surface area contributed by atoms with Crippen LogP contribution in [-0.2, 0) is 26.2 Å². The first kappa shape index (κ1) is 26.2. The Morgan fingerprint density at radius 3 is 2.43 bits per heavy atom. The quantitative estimate of drug-likeness (QED) is 0.535. The van der Waals surface area contributed by atoms with Gasteiger partial charge in [0.05, 0.1) is 12.7 Å². The Labute approximate surface area is 206 Å². The molecule has 2 aromatic carbocycles. The van der Waals surface area contributed by atoms with E-state index in [0.717, 1.165) is 0 Å². The van der Waals surface area contributed by atoms with Crippen LogP contribution in [0.15, 0.2) is 53.4 Å². The number of carbonyl (C=O) groups is 3. The molecule has 0 aliphatic carbocycles. The topological polar surface area (TPSA) is 113 Å². The van der Waals surface area contributed by atoms with Gasteiger partial charge in [-0.15, -0.1) is 0 Å². The van der Waals surface area contributed by atoms with E-state index >= 15 is 0 Å². The standard InChI is InChI=1S/C25H31N3O6S/c1-5-17(3)26-24(30)21(6-2)27(15-18-10-9-11-19(14-18)34-4)23(29)16-28-25(31)20-12-7-8-13-22(20)35(28,32)33/h7-14,17,21H,5-6,15-16H2,1-4H3,(H,26,30)/t17-,21+/m1/s1. The molecule has 0 fully saturated rings. The molecule has 0 spiro atoms. The van der Waals surface area contributed by atoms with E-state index in [9.17, 15) is 22.8 Å². The molecular weight excluding hydrogens is 470 g/mol. The lowest BCUT2D eigenvalue weighted by molar-refractivity contribution is -0.141. The molecule has 0 saturated carbocycles. The van der Waals surface area contributed by atoms with Crippen LogP contribution in [0.3, 0.4) is 0 Å². The number of ether oxygens (including phenoxy) is 1. The third-order valence-corrected chi connectivity index (χ3v) is 7.85. The zero-order valence-corrected chi connectivity index (χ0v) is 21.2. The van der Waals surface area contributed by atoms with Gasteiger partial charge in [-0.25, -0.2) is 12.7 Å². The lowest BCUT2D eigenvalue weighted by atomic mass is 10.1. The highest BCUT2D eigenvalue weighted by atomic mass is 32.2. The summed E-state index contributed by atoms with van der Waals surface area (Å²) >= 11 is 0. The molecule has 9 nitrogen and oxygen atoms in total. The number of rotatable bonds is 10. The van der Waals surface area contributed by atoms with Gasteiger partial charge in [-0.2, -0.15) is 0 Å². The summed E-state index contributed by atoms with van der Waals surface area (Å²) in [5, 5.41) is 2.90. The second kappa shape index (κ2) is 10.9. The Bertz CT molecular complexity index is 1210. The van der Waals surface area contributed by atoms with Crippen molar-refractivity contribution in [2.24, 2.45) is 0 Å². The normalized spacial score (nSPS) is 15.8. The predicted octanol–water partition coefficient (Wildman–Crippen LogP) is 2.56. The lowest BCUT2D eigenvalue weighted by Crippen LogP contribution is -2.53. The largest absolute Gasteiger partial charge is 0.497 e. The number of fused-ring (bicyclic) bond motifs is 1. The van der Waals surface area contributed by atoms with Crippen LogP contribution in [0.2, 0.25) is 0 Å². The Hall–Kier alpha value is -3.40. The minimum absolute atomic E-state index is 0.0289. The van der Waals surface area contributed by atoms with Gasteiger partial charge >= 0.3 is 0 Å². The minimum Gasteiger partial charge on any atom is -0.497 e. The van der Waals surface area contributed by atoms with Crippen LogP contribution in [0.1, 0.15) is 49.5 Å². The second-order valence-corrected chi connectivity index (χ2v) is 10.3. The third-order valence-electron chi connectivity index (χ3n) is 6.06. The highest BCUT2D eigenvalue weighted by Gasteiger charge is 2.43. The van der Waals surface area contributed by atoms with Crippen molar-refractivity contribution in [1.29, 1.82) is 0 Å². The molecule has 10 heteroatoms. The van der Waals surface area contributed by atoms with Gasteiger partial charge in [0, 0.05) is 12.6 Å². The number of amides is 3. The first-order valence-electron chi connectivity index (χ1n) is 11.5. The zero-order valence-electron chi connectivity index (χ0n) is 20.4. The highest BCUT2D eigenvalue weighted by molar-refractivity contribution is 7.90. The maximum atomic E-state index is 13.6. The number of benzene rings is 2. The van der Waals surface area contributed by atoms with Gasteiger partial charge < -0.3 is 15.0 Å². The van der Waals surface area contributed by atoms with E-state index < -0.39 is 34.4 Å². The summed E-state index contributed by atoms with van der Waals surface area (Å²) in [4.78, 5) is 40.7. The second-order valence-electron chi connectivity index (χ2n) is 8.43. The van der Waals surface area contributed by atoms with E-state index in [4.69, 9.17) is 4.74 Å². The zero-order chi connectivity index (χ0) is 25.8. The van der Waals surface area contributed by atoms with E-state index in [1.165, 1.54) is 30.2 Å². The molecule has 3 rings (SSSR count). The van der Waals surface area contributed by atoms with E-state index in [2.05, 4.69) is 5.32 Å². The molecule has 1 heterocycles. The fourth-order valence-electron chi connectivity index (χ4n) is 3.93. The van der Waals surface area contributed by atoms with Crippen molar-refractivity contribution < 1.29 is 27.5 Å². The molecule has 2 aromatic rings. The van der Waals surface area contributed by atoms with Gasteiger partial charge in [0.2, 0.25) is 11.8 Å². The first-order chi connectivity index (χ1) is 16.6. The molecule has 0 bridgehead atoms. The smallest absolute Gasteiger partial charge is 0.269 e. The van der Waals surface area contributed by atoms with Crippen LogP contribution < -0.4 is 10.1 Å². The average molecular weight is 502 g/mol. The van der Waals surface area contributed by atoms with Crippen molar-refractivity contribution in [3.63, 3.8) is 0 Å². The molecule has 0 unspecified atom stereocenters. The summed E-state index contributed by atoms with van der Waals surface area (Å²) in [5.74, 6) is -1.16. The summed E-state index contributed by atoms with van der Waals surface area (Å²) < 4.78 is 31.8. The molecular formula is C25H31N3O6S. The van der Waals surface area contributed by atoms with Gasteiger partial charge in [-0.3, -0.25) is 14.4 Å². The van der Waals surface area contributed by atoms with Crippen LogP contribution in [0.25, 0.3) is 0 Å². The van der Waals surface area contributed by atoms with Crippen LogP contribution in [-0.4, -0.2) is 61.1 Å². The summed E-state index contributed by atoms with van der Waals surface area (Å²) in [7, 11) is -2.64. The molecule has 1 aliphatic heterocycles. The fraction of sp³-hybridized carbons (Fsp3) is 0.400. The van der Waals surface area contributed by atoms with E-state index in [1.807, 2.05) is 13.8 Å². The number of sulfonamides is 1. The van der Waals surface area contributed by atoms with Gasteiger partial charge in [0.25, 0.3) is 15.9 Å². The monoisotopic (exact) mass is 501 g/mol. The molecule has 35 heavy (non-hydrogen) atoms. The molecule has 188 valence electrons. The summed E-state index contributed by atoms with van der Waals surface area (Å²) in [6.45, 7) is 4.92. The summed E-state index contributed by atoms with van der Waals surface area (Å²) in [5.41, 5.74) is 0.729. The summed E-state index contributed by atoms with van der Waals surface area (Å²) in [6.07, 6.45) is 1.02. The third kappa shape index (κ3) is 5.48. The van der Waals surface area contributed by atoms with E-state index in [0.29, 0.717) is 28.5 Å². The van der Waals surface area contributed by atoms with Gasteiger partial charge in [0.1, 0.15) is 23.2 Å². The van der Waals surface area contributed by atoms with Crippen molar-refractivity contribution >= 4 is 27.7 Å². The Morgan fingerprint density at radius 1 is 1.09 bits per heavy atom. The Kier molecular flexibility index (Phi) is 8.16. The van der Waals surface area contributed by atoms with Gasteiger partial charge in [0.15, 0.2) is 0 Å². The fourth-order valence-corrected chi connectivity index (χ4v) is 5.45. The van der Waals surface area contributed by atoms with Crippen LogP contribution in [0.4, 0.5) is 0 Å². The maximum Gasteiger partial charge on any atom is 0.269 e. The predicted molar refractivity (Wildman–Crippen MR) is 130 cm³/mol. The highest BCUT2D eigenvalue weighted by Crippen LogP contribution is 2.30. The average Bonchev–Trinajstić information content (AvgIpc) is 3.04. The molecule has 0 saturated heterocycles. The van der Waals surface area contributed by atoms with Crippen molar-refractivity contribution in [3.05, 3.63) is 59.7 Å². The number of nitrogens with zero attached hydrogens (tertiary/aromatic N) is 2.